The van der Waals surface area contributed by atoms with Crippen LogP contribution in [0.5, 0.6) is 0 Å². The number of thioether (sulfide) groups is 1. The molecule has 0 bridgehead atoms. The van der Waals surface area contributed by atoms with Gasteiger partial charge in [0.05, 0.1) is 18.6 Å². The normalized spacial score (nSPS) is 19.7. The van der Waals surface area contributed by atoms with Crippen molar-refractivity contribution in [3.8, 4) is 0 Å². The summed E-state index contributed by atoms with van der Waals surface area (Å²) in [5.74, 6) is 1.82. The summed E-state index contributed by atoms with van der Waals surface area (Å²) in [5.41, 5.74) is -0.332. The fraction of sp³-hybridized carbons (Fsp3) is 0.909. The number of aliphatic hydroxyl groups is 1. The van der Waals surface area contributed by atoms with Gasteiger partial charge in [-0.25, -0.2) is 0 Å². The molecule has 0 aromatic rings. The molecule has 1 rings (SSSR count). The summed E-state index contributed by atoms with van der Waals surface area (Å²) in [4.78, 5) is 11.1. The maximum atomic E-state index is 11.1. The average Bonchev–Trinajstić information content (AvgIpc) is 2.94. The molecule has 1 aliphatic carbocycles. The first kappa shape index (κ1) is 12.8. The Morgan fingerprint density at radius 2 is 2.20 bits per heavy atom. The first-order chi connectivity index (χ1) is 7.07. The quantitative estimate of drug-likeness (QED) is 0.537. The van der Waals surface area contributed by atoms with E-state index in [-0.39, 0.29) is 17.5 Å². The lowest BCUT2D eigenvalue weighted by molar-refractivity contribution is -0.144. The molecule has 0 aromatic heterocycles. The van der Waals surface area contributed by atoms with Crippen LogP contribution in [0.3, 0.4) is 0 Å². The van der Waals surface area contributed by atoms with Crippen LogP contribution in [0.15, 0.2) is 0 Å². The molecule has 1 saturated carbocycles. The molecule has 15 heavy (non-hydrogen) atoms. The van der Waals surface area contributed by atoms with Gasteiger partial charge in [0, 0.05) is 0 Å². The molecule has 0 heterocycles. The Kier molecular flexibility index (Phi) is 4.93. The fourth-order valence-electron chi connectivity index (χ4n) is 1.34. The molecule has 1 aliphatic rings. The highest BCUT2D eigenvalue weighted by Gasteiger charge is 2.39. The van der Waals surface area contributed by atoms with Gasteiger partial charge in [0.2, 0.25) is 0 Å². The molecule has 88 valence electrons. The van der Waals surface area contributed by atoms with E-state index in [1.807, 2.05) is 18.7 Å². The Bertz CT molecular complexity index is 214. The number of rotatable bonds is 7. The molecule has 1 unspecified atom stereocenters. The summed E-state index contributed by atoms with van der Waals surface area (Å²) < 4.78 is 4.65. The lowest BCUT2D eigenvalue weighted by Gasteiger charge is -2.09. The minimum atomic E-state index is -0.332. The molecule has 0 saturated heterocycles. The van der Waals surface area contributed by atoms with Crippen LogP contribution in [-0.2, 0) is 9.53 Å². The van der Waals surface area contributed by atoms with E-state index in [0.717, 1.165) is 37.2 Å². The average molecular weight is 232 g/mol. The Labute approximate surface area is 95.6 Å². The van der Waals surface area contributed by atoms with Gasteiger partial charge in [-0.2, -0.15) is 11.8 Å². The minimum Gasteiger partial charge on any atom is -0.469 e. The topological polar surface area (TPSA) is 46.5 Å². The summed E-state index contributed by atoms with van der Waals surface area (Å²) >= 11 is 1.81. The van der Waals surface area contributed by atoms with Gasteiger partial charge in [0.25, 0.3) is 0 Å². The third-order valence-corrected chi connectivity index (χ3v) is 3.85. The molecule has 1 atom stereocenters. The number of hydrogen-bond donors (Lipinski definition) is 1. The Morgan fingerprint density at radius 3 is 2.73 bits per heavy atom. The molecular formula is C11H20O3S. The highest BCUT2D eigenvalue weighted by atomic mass is 32.2. The van der Waals surface area contributed by atoms with Crippen LogP contribution in [0, 0.1) is 5.92 Å². The van der Waals surface area contributed by atoms with Crippen molar-refractivity contribution in [2.24, 2.45) is 5.92 Å². The van der Waals surface area contributed by atoms with Gasteiger partial charge in [0.15, 0.2) is 0 Å². The van der Waals surface area contributed by atoms with E-state index in [1.165, 1.54) is 7.11 Å². The van der Waals surface area contributed by atoms with Crippen LogP contribution in [0.1, 0.15) is 32.6 Å². The zero-order valence-electron chi connectivity index (χ0n) is 9.49. The predicted octanol–water partition coefficient (Wildman–Crippen LogP) is 1.83. The van der Waals surface area contributed by atoms with Crippen LogP contribution in [-0.4, -0.2) is 35.3 Å². The lowest BCUT2D eigenvalue weighted by Crippen LogP contribution is -2.13. The van der Waals surface area contributed by atoms with Gasteiger partial charge >= 0.3 is 5.97 Å². The molecule has 3 nitrogen and oxygen atoms in total. The van der Waals surface area contributed by atoms with Crippen LogP contribution >= 0.6 is 11.8 Å². The largest absolute Gasteiger partial charge is 0.469 e. The van der Waals surface area contributed by atoms with Crippen molar-refractivity contribution in [2.75, 3.05) is 18.6 Å². The number of hydrogen-bond acceptors (Lipinski definition) is 4. The Balaban J connectivity index is 1.94. The summed E-state index contributed by atoms with van der Waals surface area (Å²) in [6.07, 6.45) is 3.68. The number of ether oxygens (including phenoxy) is 1. The number of methoxy groups -OCH3 is 1. The van der Waals surface area contributed by atoms with Crippen molar-refractivity contribution in [3.63, 3.8) is 0 Å². The van der Waals surface area contributed by atoms with Gasteiger partial charge in [-0.05, 0) is 37.2 Å². The maximum absolute atomic E-state index is 11.1. The number of carbonyl (C=O) groups excluding carboxylic acids is 1. The van der Waals surface area contributed by atoms with Gasteiger partial charge < -0.3 is 9.84 Å². The molecule has 1 fully saturated rings. The van der Waals surface area contributed by atoms with Crippen LogP contribution < -0.4 is 0 Å². The standard InChI is InChI=1S/C11H20O3S/c1-9(10(12)14-2)3-7-15-8-6-11(13)4-5-11/h9,13H,3-8H2,1-2H3. The maximum Gasteiger partial charge on any atom is 0.308 e. The van der Waals surface area contributed by atoms with Crippen molar-refractivity contribution in [1.29, 1.82) is 0 Å². The summed E-state index contributed by atoms with van der Waals surface area (Å²) in [6.45, 7) is 1.89. The summed E-state index contributed by atoms with van der Waals surface area (Å²) in [6, 6.07) is 0. The van der Waals surface area contributed by atoms with E-state index in [0.29, 0.717) is 0 Å². The predicted molar refractivity (Wildman–Crippen MR) is 61.9 cm³/mol. The van der Waals surface area contributed by atoms with Gasteiger partial charge in [-0.1, -0.05) is 6.92 Å². The second-order valence-electron chi connectivity index (χ2n) is 4.30. The molecule has 0 spiro atoms. The van der Waals surface area contributed by atoms with Crippen molar-refractivity contribution < 1.29 is 14.6 Å². The smallest absolute Gasteiger partial charge is 0.308 e. The van der Waals surface area contributed by atoms with E-state index >= 15 is 0 Å². The van der Waals surface area contributed by atoms with Crippen LogP contribution in [0.2, 0.25) is 0 Å². The molecule has 0 aliphatic heterocycles. The molecular weight excluding hydrogens is 212 g/mol. The van der Waals surface area contributed by atoms with Crippen molar-refractivity contribution >= 4 is 17.7 Å². The first-order valence-corrected chi connectivity index (χ1v) is 6.61. The lowest BCUT2D eigenvalue weighted by atomic mass is 10.1. The Hall–Kier alpha value is -0.220. The minimum absolute atomic E-state index is 0.00786. The van der Waals surface area contributed by atoms with Gasteiger partial charge in [-0.3, -0.25) is 4.79 Å². The fourth-order valence-corrected chi connectivity index (χ4v) is 2.59. The zero-order valence-corrected chi connectivity index (χ0v) is 10.3. The molecule has 0 amide bonds. The van der Waals surface area contributed by atoms with Crippen molar-refractivity contribution in [2.45, 2.75) is 38.2 Å². The summed E-state index contributed by atoms with van der Waals surface area (Å²) in [5, 5.41) is 9.58. The van der Waals surface area contributed by atoms with Crippen molar-refractivity contribution in [1.82, 2.24) is 0 Å². The van der Waals surface area contributed by atoms with E-state index in [9.17, 15) is 9.90 Å². The highest BCUT2D eigenvalue weighted by molar-refractivity contribution is 7.99. The van der Waals surface area contributed by atoms with Crippen LogP contribution in [0.4, 0.5) is 0 Å². The van der Waals surface area contributed by atoms with E-state index in [2.05, 4.69) is 4.74 Å². The van der Waals surface area contributed by atoms with Crippen molar-refractivity contribution in [3.05, 3.63) is 0 Å². The van der Waals surface area contributed by atoms with Gasteiger partial charge in [-0.15, -0.1) is 0 Å². The third-order valence-electron chi connectivity index (χ3n) is 2.84. The number of carbonyl (C=O) groups is 1. The summed E-state index contributed by atoms with van der Waals surface area (Å²) in [7, 11) is 1.43. The molecule has 0 radical (unpaired) electrons. The van der Waals surface area contributed by atoms with E-state index < -0.39 is 0 Å². The second kappa shape index (κ2) is 5.75. The van der Waals surface area contributed by atoms with Gasteiger partial charge in [0.1, 0.15) is 0 Å². The molecule has 0 aromatic carbocycles. The van der Waals surface area contributed by atoms with Crippen LogP contribution in [0.25, 0.3) is 0 Å². The molecule has 1 N–H and O–H groups in total. The monoisotopic (exact) mass is 232 g/mol. The highest BCUT2D eigenvalue weighted by Crippen LogP contribution is 2.39. The zero-order chi connectivity index (χ0) is 11.3. The first-order valence-electron chi connectivity index (χ1n) is 5.45. The second-order valence-corrected chi connectivity index (χ2v) is 5.52. The Morgan fingerprint density at radius 1 is 1.53 bits per heavy atom. The SMILES string of the molecule is COC(=O)C(C)CCSCCC1(O)CC1. The number of esters is 1. The van der Waals surface area contributed by atoms with E-state index in [4.69, 9.17) is 0 Å². The van der Waals surface area contributed by atoms with E-state index in [1.54, 1.807) is 0 Å². The molecule has 4 heteroatoms. The third kappa shape index (κ3) is 4.89.